The van der Waals surface area contributed by atoms with Crippen LogP contribution in [-0.2, 0) is 19.1 Å². The van der Waals surface area contributed by atoms with Crippen molar-refractivity contribution in [2.24, 2.45) is 5.92 Å². The third kappa shape index (κ3) is 5.06. The number of Topliss-reactive ketones (excluding diaryl/α,β-unsaturated/α-hetero) is 1. The molecule has 0 heterocycles. The SMILES string of the molecule is CCC(=O)[C@@H](C)CCCOS(=O)(=O)c1ccc(C)cc1. The third-order valence-corrected chi connectivity index (χ3v) is 4.55. The molecular weight excluding hydrogens is 276 g/mol. The molecule has 0 aliphatic heterocycles. The second-order valence-electron chi connectivity index (χ2n) is 4.95. The van der Waals surface area contributed by atoms with Crippen LogP contribution in [0.5, 0.6) is 0 Å². The molecule has 0 saturated carbocycles. The number of hydrogen-bond acceptors (Lipinski definition) is 4. The molecule has 0 amide bonds. The van der Waals surface area contributed by atoms with Crippen LogP contribution in [0.4, 0.5) is 0 Å². The van der Waals surface area contributed by atoms with Crippen molar-refractivity contribution in [2.45, 2.75) is 44.9 Å². The summed E-state index contributed by atoms with van der Waals surface area (Å²) in [6, 6.07) is 6.54. The Hall–Kier alpha value is -1.20. The Bertz CT molecular complexity index is 531. The van der Waals surface area contributed by atoms with Crippen molar-refractivity contribution in [2.75, 3.05) is 6.61 Å². The number of rotatable bonds is 8. The van der Waals surface area contributed by atoms with E-state index in [1.165, 1.54) is 12.1 Å². The van der Waals surface area contributed by atoms with Crippen molar-refractivity contribution >= 4 is 15.9 Å². The first-order chi connectivity index (χ1) is 9.36. The van der Waals surface area contributed by atoms with Crippen molar-refractivity contribution in [1.29, 1.82) is 0 Å². The number of carbonyl (C=O) groups excluding carboxylic acids is 1. The maximum Gasteiger partial charge on any atom is 0.296 e. The third-order valence-electron chi connectivity index (χ3n) is 3.23. The molecule has 0 saturated heterocycles. The zero-order valence-corrected chi connectivity index (χ0v) is 13.1. The lowest BCUT2D eigenvalue weighted by molar-refractivity contribution is -0.122. The molecule has 20 heavy (non-hydrogen) atoms. The largest absolute Gasteiger partial charge is 0.299 e. The molecular formula is C15H22O4S. The Labute approximate surface area is 121 Å². The monoisotopic (exact) mass is 298 g/mol. The summed E-state index contributed by atoms with van der Waals surface area (Å²) in [5.74, 6) is 0.164. The van der Waals surface area contributed by atoms with Crippen LogP contribution in [0.25, 0.3) is 0 Å². The molecule has 0 aromatic heterocycles. The highest BCUT2D eigenvalue weighted by atomic mass is 32.2. The minimum absolute atomic E-state index is 0.0364. The van der Waals surface area contributed by atoms with Gasteiger partial charge in [0.1, 0.15) is 5.78 Å². The Morgan fingerprint density at radius 3 is 2.40 bits per heavy atom. The molecule has 1 atom stereocenters. The van der Waals surface area contributed by atoms with Crippen molar-refractivity contribution in [1.82, 2.24) is 0 Å². The van der Waals surface area contributed by atoms with Crippen molar-refractivity contribution in [3.63, 3.8) is 0 Å². The van der Waals surface area contributed by atoms with Gasteiger partial charge >= 0.3 is 0 Å². The molecule has 112 valence electrons. The fourth-order valence-corrected chi connectivity index (χ4v) is 2.78. The first-order valence-electron chi connectivity index (χ1n) is 6.85. The smallest absolute Gasteiger partial charge is 0.296 e. The first-order valence-corrected chi connectivity index (χ1v) is 8.26. The van der Waals surface area contributed by atoms with Gasteiger partial charge in [-0.2, -0.15) is 8.42 Å². The minimum Gasteiger partial charge on any atom is -0.299 e. The van der Waals surface area contributed by atoms with Gasteiger partial charge in [-0.15, -0.1) is 0 Å². The Balaban J connectivity index is 2.45. The van der Waals surface area contributed by atoms with E-state index in [2.05, 4.69) is 0 Å². The fourth-order valence-electron chi connectivity index (χ4n) is 1.84. The lowest BCUT2D eigenvalue weighted by Crippen LogP contribution is -2.12. The standard InChI is InChI=1S/C15H22O4S/c1-4-15(16)13(3)6-5-11-19-20(17,18)14-9-7-12(2)8-10-14/h7-10,13H,4-6,11H2,1-3H3/t13-/m0/s1. The maximum absolute atomic E-state index is 11.9. The summed E-state index contributed by atoms with van der Waals surface area (Å²) in [7, 11) is -3.69. The summed E-state index contributed by atoms with van der Waals surface area (Å²) >= 11 is 0. The van der Waals surface area contributed by atoms with Crippen molar-refractivity contribution in [3.05, 3.63) is 29.8 Å². The van der Waals surface area contributed by atoms with Gasteiger partial charge in [0.15, 0.2) is 0 Å². The number of aryl methyl sites for hydroxylation is 1. The highest BCUT2D eigenvalue weighted by Gasteiger charge is 2.15. The van der Waals surface area contributed by atoms with Gasteiger partial charge in [-0.25, -0.2) is 0 Å². The predicted octanol–water partition coefficient (Wildman–Crippen LogP) is 3.10. The van der Waals surface area contributed by atoms with Crippen LogP contribution in [0, 0.1) is 12.8 Å². The Morgan fingerprint density at radius 1 is 1.25 bits per heavy atom. The van der Waals surface area contributed by atoms with E-state index in [0.717, 1.165) is 5.56 Å². The predicted molar refractivity (Wildman–Crippen MR) is 78.0 cm³/mol. The van der Waals surface area contributed by atoms with E-state index in [1.54, 1.807) is 12.1 Å². The molecule has 0 spiro atoms. The highest BCUT2D eigenvalue weighted by Crippen LogP contribution is 2.15. The van der Waals surface area contributed by atoms with Gasteiger partial charge in [0.25, 0.3) is 10.1 Å². The summed E-state index contributed by atoms with van der Waals surface area (Å²) in [5, 5.41) is 0. The van der Waals surface area contributed by atoms with Gasteiger partial charge in [-0.1, -0.05) is 31.5 Å². The van der Waals surface area contributed by atoms with Gasteiger partial charge in [0, 0.05) is 12.3 Å². The summed E-state index contributed by atoms with van der Waals surface area (Å²) in [4.78, 5) is 11.6. The minimum atomic E-state index is -3.69. The second kappa shape index (κ2) is 7.55. The van der Waals surface area contributed by atoms with Crippen LogP contribution < -0.4 is 0 Å². The Morgan fingerprint density at radius 2 is 1.85 bits per heavy atom. The Kier molecular flexibility index (Phi) is 6.36. The summed E-state index contributed by atoms with van der Waals surface area (Å²) in [5.41, 5.74) is 0.996. The van der Waals surface area contributed by atoms with Gasteiger partial charge in [-0.3, -0.25) is 8.98 Å². The molecule has 0 radical (unpaired) electrons. The van der Waals surface area contributed by atoms with E-state index in [9.17, 15) is 13.2 Å². The van der Waals surface area contributed by atoms with Crippen molar-refractivity contribution in [3.8, 4) is 0 Å². The molecule has 0 N–H and O–H groups in total. The quantitative estimate of drug-likeness (QED) is 0.546. The number of benzene rings is 1. The van der Waals surface area contributed by atoms with E-state index >= 15 is 0 Å². The average Bonchev–Trinajstić information content (AvgIpc) is 2.43. The average molecular weight is 298 g/mol. The van der Waals surface area contributed by atoms with Crippen LogP contribution in [0.1, 0.15) is 38.7 Å². The van der Waals surface area contributed by atoms with E-state index in [-0.39, 0.29) is 23.2 Å². The van der Waals surface area contributed by atoms with Gasteiger partial charge in [0.2, 0.25) is 0 Å². The summed E-state index contributed by atoms with van der Waals surface area (Å²) in [6.07, 6.45) is 1.72. The lowest BCUT2D eigenvalue weighted by atomic mass is 9.99. The van der Waals surface area contributed by atoms with Crippen LogP contribution in [-0.4, -0.2) is 20.8 Å². The van der Waals surface area contributed by atoms with E-state index < -0.39 is 10.1 Å². The van der Waals surface area contributed by atoms with Gasteiger partial charge in [-0.05, 0) is 31.9 Å². The highest BCUT2D eigenvalue weighted by molar-refractivity contribution is 7.86. The van der Waals surface area contributed by atoms with E-state index in [4.69, 9.17) is 4.18 Å². The summed E-state index contributed by atoms with van der Waals surface area (Å²) < 4.78 is 28.8. The molecule has 4 nitrogen and oxygen atoms in total. The normalized spacial score (nSPS) is 13.2. The molecule has 1 rings (SSSR count). The zero-order valence-electron chi connectivity index (χ0n) is 12.3. The maximum atomic E-state index is 11.9. The molecule has 1 aromatic carbocycles. The lowest BCUT2D eigenvalue weighted by Gasteiger charge is -2.09. The molecule has 0 fully saturated rings. The van der Waals surface area contributed by atoms with Crippen LogP contribution in [0.15, 0.2) is 29.2 Å². The fraction of sp³-hybridized carbons (Fsp3) is 0.533. The second-order valence-corrected chi connectivity index (χ2v) is 6.57. The van der Waals surface area contributed by atoms with Crippen LogP contribution >= 0.6 is 0 Å². The first kappa shape index (κ1) is 16.9. The van der Waals surface area contributed by atoms with Crippen LogP contribution in [0.3, 0.4) is 0 Å². The molecule has 0 aliphatic rings. The van der Waals surface area contributed by atoms with Crippen molar-refractivity contribution < 1.29 is 17.4 Å². The van der Waals surface area contributed by atoms with Gasteiger partial charge in [0.05, 0.1) is 11.5 Å². The molecule has 0 aliphatic carbocycles. The zero-order chi connectivity index (χ0) is 15.2. The molecule has 5 heteroatoms. The molecule has 0 bridgehead atoms. The summed E-state index contributed by atoms with van der Waals surface area (Å²) in [6.45, 7) is 5.69. The number of carbonyl (C=O) groups is 1. The van der Waals surface area contributed by atoms with E-state index in [1.807, 2.05) is 20.8 Å². The number of hydrogen-bond donors (Lipinski definition) is 0. The molecule has 0 unspecified atom stereocenters. The van der Waals surface area contributed by atoms with Crippen LogP contribution in [0.2, 0.25) is 0 Å². The molecule has 1 aromatic rings. The van der Waals surface area contributed by atoms with E-state index in [0.29, 0.717) is 19.3 Å². The van der Waals surface area contributed by atoms with Gasteiger partial charge < -0.3 is 0 Å². The topological polar surface area (TPSA) is 60.4 Å². The number of ketones is 1.